The van der Waals surface area contributed by atoms with E-state index in [2.05, 4.69) is 44.2 Å². The van der Waals surface area contributed by atoms with E-state index >= 15 is 0 Å². The van der Waals surface area contributed by atoms with Gasteiger partial charge in [-0.1, -0.05) is 30.8 Å². The van der Waals surface area contributed by atoms with Crippen molar-refractivity contribution in [3.05, 3.63) is 70.7 Å². The molecule has 0 spiro atoms. The predicted octanol–water partition coefficient (Wildman–Crippen LogP) is 3.89. The fraction of sp³-hybridized carbons (Fsp3) is 0.200. The maximum atomic E-state index is 13.2. The number of carbonyl (C=O) groups is 1. The van der Waals surface area contributed by atoms with E-state index in [0.29, 0.717) is 13.1 Å². The number of nitrogens with one attached hydrogen (secondary N) is 2. The molecule has 0 aliphatic carbocycles. The molecule has 6 rings (SSSR count). The molecule has 0 saturated carbocycles. The number of para-hydroxylation sites is 2. The van der Waals surface area contributed by atoms with E-state index in [1.807, 2.05) is 42.3 Å². The second-order valence-corrected chi connectivity index (χ2v) is 9.72. The van der Waals surface area contributed by atoms with E-state index in [0.717, 1.165) is 50.1 Å². The van der Waals surface area contributed by atoms with Crippen molar-refractivity contribution in [2.45, 2.75) is 13.1 Å². The number of carbonyl (C=O) groups excluding carboxylic acids is 1. The minimum atomic E-state index is -0.114. The highest BCUT2D eigenvalue weighted by Gasteiger charge is 2.26. The molecule has 4 heterocycles. The summed E-state index contributed by atoms with van der Waals surface area (Å²) < 4.78 is 0. The normalized spacial score (nSPS) is 16.5. The van der Waals surface area contributed by atoms with Gasteiger partial charge in [0.25, 0.3) is 5.91 Å². The number of allylic oxidation sites excluding steroid dienone is 1. The lowest BCUT2D eigenvalue weighted by atomic mass is 10.1. The van der Waals surface area contributed by atoms with Gasteiger partial charge in [0, 0.05) is 18.0 Å². The van der Waals surface area contributed by atoms with E-state index in [9.17, 15) is 4.79 Å². The number of likely N-dealkylation sites (N-methyl/N-ethyl adjacent to an activating group) is 1. The van der Waals surface area contributed by atoms with Crippen LogP contribution >= 0.6 is 11.3 Å². The van der Waals surface area contributed by atoms with Crippen LogP contribution in [0.3, 0.4) is 0 Å². The molecule has 2 aliphatic heterocycles. The van der Waals surface area contributed by atoms with Crippen molar-refractivity contribution in [2.75, 3.05) is 35.4 Å². The summed E-state index contributed by atoms with van der Waals surface area (Å²) in [5.41, 5.74) is 4.93. The molecule has 0 radical (unpaired) electrons. The van der Waals surface area contributed by atoms with Gasteiger partial charge in [0.05, 0.1) is 60.5 Å². The first-order valence-electron chi connectivity index (χ1n) is 11.3. The van der Waals surface area contributed by atoms with Gasteiger partial charge in [-0.05, 0) is 23.8 Å². The fourth-order valence-electron chi connectivity index (χ4n) is 4.44. The number of nitrogens with zero attached hydrogens (tertiary/aromatic N) is 6. The molecule has 2 aromatic carbocycles. The zero-order valence-corrected chi connectivity index (χ0v) is 20.0. The molecule has 0 atom stereocenters. The molecule has 0 fully saturated rings. The molecule has 35 heavy (non-hydrogen) atoms. The van der Waals surface area contributed by atoms with Crippen LogP contribution in [-0.4, -0.2) is 52.6 Å². The monoisotopic (exact) mass is 484 g/mol. The van der Waals surface area contributed by atoms with Gasteiger partial charge in [-0.3, -0.25) is 9.89 Å². The molecule has 0 unspecified atom stereocenters. The van der Waals surface area contributed by atoms with Crippen molar-refractivity contribution in [1.82, 2.24) is 20.2 Å². The third-order valence-corrected chi connectivity index (χ3v) is 7.35. The Morgan fingerprint density at radius 3 is 2.94 bits per heavy atom. The summed E-state index contributed by atoms with van der Waals surface area (Å²) in [5.74, 6) is 0.645. The molecule has 2 N–H and O–H groups in total. The van der Waals surface area contributed by atoms with Crippen LogP contribution in [0.5, 0.6) is 0 Å². The summed E-state index contributed by atoms with van der Waals surface area (Å²) in [6.45, 7) is 6.16. The number of benzene rings is 2. The van der Waals surface area contributed by atoms with Crippen molar-refractivity contribution in [3.63, 3.8) is 0 Å². The van der Waals surface area contributed by atoms with Crippen LogP contribution in [0.4, 0.5) is 17.2 Å². The van der Waals surface area contributed by atoms with E-state index in [-0.39, 0.29) is 12.5 Å². The van der Waals surface area contributed by atoms with Crippen molar-refractivity contribution < 1.29 is 4.79 Å². The summed E-state index contributed by atoms with van der Waals surface area (Å²) in [6.07, 6.45) is 3.44. The average molecular weight is 485 g/mol. The van der Waals surface area contributed by atoms with Gasteiger partial charge >= 0.3 is 0 Å². The number of aromatic nitrogens is 3. The Kier molecular flexibility index (Phi) is 5.22. The third kappa shape index (κ3) is 3.91. The highest BCUT2D eigenvalue weighted by Crippen LogP contribution is 2.36. The Bertz CT molecular complexity index is 1470. The lowest BCUT2D eigenvalue weighted by molar-refractivity contribution is -0.130. The van der Waals surface area contributed by atoms with Crippen molar-refractivity contribution in [3.8, 4) is 0 Å². The van der Waals surface area contributed by atoms with Gasteiger partial charge in [-0.15, -0.1) is 11.3 Å². The summed E-state index contributed by atoms with van der Waals surface area (Å²) in [7, 11) is 1.89. The minimum absolute atomic E-state index is 0.114. The molecule has 9 nitrogen and oxygen atoms in total. The van der Waals surface area contributed by atoms with Crippen molar-refractivity contribution in [1.29, 1.82) is 0 Å². The van der Waals surface area contributed by atoms with Crippen LogP contribution in [0.25, 0.3) is 16.5 Å². The Morgan fingerprint density at radius 2 is 2.03 bits per heavy atom. The smallest absolute Gasteiger partial charge is 0.262 e. The number of rotatable bonds is 4. The molecular formula is C25H24N8OS. The lowest BCUT2D eigenvalue weighted by Gasteiger charge is -2.21. The van der Waals surface area contributed by atoms with Crippen LogP contribution in [0.15, 0.2) is 60.3 Å². The largest absolute Gasteiger partial charge is 0.366 e. The Morgan fingerprint density at radius 1 is 1.14 bits per heavy atom. The van der Waals surface area contributed by atoms with Crippen LogP contribution in [-0.2, 0) is 17.9 Å². The van der Waals surface area contributed by atoms with Gasteiger partial charge in [0.1, 0.15) is 10.8 Å². The van der Waals surface area contributed by atoms with Crippen LogP contribution < -0.4 is 15.1 Å². The molecule has 10 heteroatoms. The molecule has 2 aromatic heterocycles. The summed E-state index contributed by atoms with van der Waals surface area (Å²) in [4.78, 5) is 23.2. The maximum absolute atomic E-state index is 13.2. The van der Waals surface area contributed by atoms with E-state index < -0.39 is 0 Å². The van der Waals surface area contributed by atoms with Crippen molar-refractivity contribution >= 4 is 57.1 Å². The molecule has 0 bridgehead atoms. The first-order chi connectivity index (χ1) is 17.1. The molecule has 176 valence electrons. The minimum Gasteiger partial charge on any atom is -0.366 e. The third-order valence-electron chi connectivity index (χ3n) is 6.25. The average Bonchev–Trinajstić information content (AvgIpc) is 3.60. The maximum Gasteiger partial charge on any atom is 0.262 e. The number of aromatic amines is 1. The summed E-state index contributed by atoms with van der Waals surface area (Å²) in [5, 5.41) is 18.5. The number of hydrogen-bond acceptors (Lipinski definition) is 8. The summed E-state index contributed by atoms with van der Waals surface area (Å²) >= 11 is 1.59. The van der Waals surface area contributed by atoms with Crippen LogP contribution in [0, 0.1) is 0 Å². The van der Waals surface area contributed by atoms with E-state index in [1.165, 1.54) is 10.7 Å². The molecule has 4 aromatic rings. The molecule has 1 amide bonds. The topological polar surface area (TPSA) is 92.8 Å². The van der Waals surface area contributed by atoms with Crippen molar-refractivity contribution in [2.24, 2.45) is 5.10 Å². The number of hydrogen-bond donors (Lipinski definition) is 2. The predicted molar refractivity (Wildman–Crippen MR) is 141 cm³/mol. The Hall–Kier alpha value is -4.18. The zero-order chi connectivity index (χ0) is 23.9. The van der Waals surface area contributed by atoms with E-state index in [4.69, 9.17) is 4.98 Å². The number of anilines is 3. The van der Waals surface area contributed by atoms with Gasteiger partial charge in [0.15, 0.2) is 0 Å². The van der Waals surface area contributed by atoms with Crippen LogP contribution in [0.1, 0.15) is 15.4 Å². The summed E-state index contributed by atoms with van der Waals surface area (Å²) in [6, 6.07) is 14.2. The standard InChI is InChI=1S/C25H24N8OS/c1-16-10-28-33(12-17-6-5-8-19-18(17)11-27-30-19)23(34)14-31(2)25-24(16)35-22(29-25)13-32-15-26-20-7-3-4-9-21(20)32/h3-11,26H,1,12-15H2,2H3,(H,27,30)/b28-10-. The van der Waals surface area contributed by atoms with Crippen LogP contribution in [0.2, 0.25) is 0 Å². The number of amides is 1. The Balaban J connectivity index is 1.26. The SMILES string of the molecule is C=C1/C=N\N(Cc2cccc3[nH]ncc23)C(=O)CN(C)c2nc(CN3CNc4ccccc43)sc21. The van der Waals surface area contributed by atoms with Gasteiger partial charge in [-0.2, -0.15) is 10.2 Å². The number of thiazole rings is 1. The second-order valence-electron chi connectivity index (χ2n) is 8.64. The quantitative estimate of drug-likeness (QED) is 0.457. The number of H-pyrrole nitrogens is 1. The fourth-order valence-corrected chi connectivity index (χ4v) is 5.50. The molecule has 0 saturated heterocycles. The number of fused-ring (bicyclic) bond motifs is 3. The Labute approximate surface area is 206 Å². The molecule has 2 aliphatic rings. The highest BCUT2D eigenvalue weighted by atomic mass is 32.1. The second kappa shape index (κ2) is 8.55. The highest BCUT2D eigenvalue weighted by molar-refractivity contribution is 7.13. The van der Waals surface area contributed by atoms with Gasteiger partial charge in [-0.25, -0.2) is 9.99 Å². The lowest BCUT2D eigenvalue weighted by Crippen LogP contribution is -2.35. The first-order valence-corrected chi connectivity index (χ1v) is 12.1. The zero-order valence-electron chi connectivity index (χ0n) is 19.2. The van der Waals surface area contributed by atoms with Gasteiger partial charge < -0.3 is 15.1 Å². The van der Waals surface area contributed by atoms with E-state index in [1.54, 1.807) is 23.7 Å². The molecular weight excluding hydrogens is 460 g/mol. The number of hydrazone groups is 1. The first kappa shape index (κ1) is 21.4. The van der Waals surface area contributed by atoms with Gasteiger partial charge in [0.2, 0.25) is 0 Å².